The standard InChI is InChI=1S/C13H17F3O/c1-2-3-4-5-6-11-7-9-12(10-8-11)17-13(14,15)16/h7-10H,2-6H2,1H3. The van der Waals surface area contributed by atoms with Gasteiger partial charge in [-0.2, -0.15) is 0 Å². The van der Waals surface area contributed by atoms with Crippen molar-refractivity contribution < 1.29 is 17.9 Å². The highest BCUT2D eigenvalue weighted by molar-refractivity contribution is 5.27. The van der Waals surface area contributed by atoms with E-state index in [0.717, 1.165) is 24.8 Å². The van der Waals surface area contributed by atoms with E-state index in [1.54, 1.807) is 12.1 Å². The first-order chi connectivity index (χ1) is 8.01. The van der Waals surface area contributed by atoms with Crippen LogP contribution in [0.15, 0.2) is 24.3 Å². The third-order valence-corrected chi connectivity index (χ3v) is 2.48. The van der Waals surface area contributed by atoms with Gasteiger partial charge in [-0.25, -0.2) is 0 Å². The largest absolute Gasteiger partial charge is 0.573 e. The van der Waals surface area contributed by atoms with Crippen LogP contribution in [0.3, 0.4) is 0 Å². The third-order valence-electron chi connectivity index (χ3n) is 2.48. The molecule has 1 aromatic rings. The zero-order valence-corrected chi connectivity index (χ0v) is 9.89. The molecule has 4 heteroatoms. The molecule has 0 aromatic heterocycles. The van der Waals surface area contributed by atoms with Crippen molar-refractivity contribution in [1.29, 1.82) is 0 Å². The van der Waals surface area contributed by atoms with Crippen LogP contribution in [0.1, 0.15) is 38.2 Å². The quantitative estimate of drug-likeness (QED) is 0.660. The van der Waals surface area contributed by atoms with Gasteiger partial charge in [-0.3, -0.25) is 0 Å². The Hall–Kier alpha value is -1.19. The van der Waals surface area contributed by atoms with Crippen molar-refractivity contribution in [2.75, 3.05) is 0 Å². The summed E-state index contributed by atoms with van der Waals surface area (Å²) in [6, 6.07) is 6.10. The molecule has 0 aliphatic carbocycles. The minimum atomic E-state index is -4.61. The molecule has 0 saturated carbocycles. The molecule has 0 bridgehead atoms. The fourth-order valence-electron chi connectivity index (χ4n) is 1.61. The summed E-state index contributed by atoms with van der Waals surface area (Å²) in [5, 5.41) is 0. The molecule has 17 heavy (non-hydrogen) atoms. The fraction of sp³-hybridized carbons (Fsp3) is 0.538. The van der Waals surface area contributed by atoms with Crippen molar-refractivity contribution in [1.82, 2.24) is 0 Å². The Bertz CT molecular complexity index is 316. The monoisotopic (exact) mass is 246 g/mol. The van der Waals surface area contributed by atoms with E-state index in [1.807, 2.05) is 0 Å². The number of hydrogen-bond donors (Lipinski definition) is 0. The van der Waals surface area contributed by atoms with E-state index in [9.17, 15) is 13.2 Å². The Kier molecular flexibility index (Phi) is 5.32. The van der Waals surface area contributed by atoms with Crippen LogP contribution in [-0.4, -0.2) is 6.36 Å². The van der Waals surface area contributed by atoms with Gasteiger partial charge in [-0.1, -0.05) is 38.3 Å². The van der Waals surface area contributed by atoms with Gasteiger partial charge >= 0.3 is 6.36 Å². The summed E-state index contributed by atoms with van der Waals surface area (Å²) in [4.78, 5) is 0. The predicted octanol–water partition coefficient (Wildman–Crippen LogP) is 4.71. The maximum Gasteiger partial charge on any atom is 0.573 e. The maximum atomic E-state index is 11.9. The number of alkyl halides is 3. The highest BCUT2D eigenvalue weighted by Gasteiger charge is 2.30. The van der Waals surface area contributed by atoms with E-state index < -0.39 is 6.36 Å². The molecule has 0 aliphatic heterocycles. The molecule has 0 N–H and O–H groups in total. The highest BCUT2D eigenvalue weighted by atomic mass is 19.4. The molecular formula is C13H17F3O. The number of benzene rings is 1. The van der Waals surface area contributed by atoms with E-state index in [2.05, 4.69) is 11.7 Å². The Balaban J connectivity index is 2.39. The van der Waals surface area contributed by atoms with E-state index in [0.29, 0.717) is 0 Å². The van der Waals surface area contributed by atoms with Gasteiger partial charge in [0.05, 0.1) is 0 Å². The van der Waals surface area contributed by atoms with E-state index in [1.165, 1.54) is 25.0 Å². The van der Waals surface area contributed by atoms with Crippen molar-refractivity contribution in [2.24, 2.45) is 0 Å². The van der Waals surface area contributed by atoms with Crippen molar-refractivity contribution in [2.45, 2.75) is 45.4 Å². The first kappa shape index (κ1) is 13.9. The van der Waals surface area contributed by atoms with Crippen molar-refractivity contribution in [3.63, 3.8) is 0 Å². The second kappa shape index (κ2) is 6.52. The van der Waals surface area contributed by atoms with Crippen LogP contribution < -0.4 is 4.74 Å². The number of aryl methyl sites for hydroxylation is 1. The van der Waals surface area contributed by atoms with E-state index in [4.69, 9.17) is 0 Å². The molecule has 0 saturated heterocycles. The molecule has 0 aliphatic rings. The van der Waals surface area contributed by atoms with Crippen LogP contribution in [0.5, 0.6) is 5.75 Å². The van der Waals surface area contributed by atoms with Crippen molar-refractivity contribution in [3.8, 4) is 5.75 Å². The first-order valence-electron chi connectivity index (χ1n) is 5.86. The number of unbranched alkanes of at least 4 members (excludes halogenated alkanes) is 3. The Morgan fingerprint density at radius 3 is 2.18 bits per heavy atom. The SMILES string of the molecule is CCCCCCc1ccc(OC(F)(F)F)cc1. The Labute approximate surface area is 99.6 Å². The average Bonchev–Trinajstić information content (AvgIpc) is 2.25. The van der Waals surface area contributed by atoms with Crippen LogP contribution in [0.2, 0.25) is 0 Å². The van der Waals surface area contributed by atoms with Crippen LogP contribution in [0, 0.1) is 0 Å². The zero-order valence-electron chi connectivity index (χ0n) is 9.89. The molecule has 1 aromatic carbocycles. The summed E-state index contributed by atoms with van der Waals surface area (Å²) in [6.07, 6.45) is 0.924. The molecule has 0 fully saturated rings. The summed E-state index contributed by atoms with van der Waals surface area (Å²) >= 11 is 0. The molecule has 1 rings (SSSR count). The van der Waals surface area contributed by atoms with Gasteiger partial charge in [0.25, 0.3) is 0 Å². The molecule has 96 valence electrons. The van der Waals surface area contributed by atoms with Crippen LogP contribution in [0.4, 0.5) is 13.2 Å². The van der Waals surface area contributed by atoms with E-state index in [-0.39, 0.29) is 5.75 Å². The lowest BCUT2D eigenvalue weighted by atomic mass is 10.1. The topological polar surface area (TPSA) is 9.23 Å². The summed E-state index contributed by atoms with van der Waals surface area (Å²) in [5.74, 6) is -0.158. The summed E-state index contributed by atoms with van der Waals surface area (Å²) in [5.41, 5.74) is 1.05. The molecule has 0 spiro atoms. The summed E-state index contributed by atoms with van der Waals surface area (Å²) in [7, 11) is 0. The molecule has 0 unspecified atom stereocenters. The fourth-order valence-corrected chi connectivity index (χ4v) is 1.61. The second-order valence-corrected chi connectivity index (χ2v) is 4.00. The maximum absolute atomic E-state index is 11.9. The van der Waals surface area contributed by atoms with Gasteiger partial charge in [-0.15, -0.1) is 13.2 Å². The van der Waals surface area contributed by atoms with Crippen molar-refractivity contribution >= 4 is 0 Å². The Morgan fingerprint density at radius 2 is 1.65 bits per heavy atom. The van der Waals surface area contributed by atoms with E-state index >= 15 is 0 Å². The number of hydrogen-bond acceptors (Lipinski definition) is 1. The normalized spacial score (nSPS) is 11.5. The van der Waals surface area contributed by atoms with Gasteiger partial charge in [-0.05, 0) is 30.5 Å². The molecule has 0 amide bonds. The van der Waals surface area contributed by atoms with Gasteiger partial charge < -0.3 is 4.74 Å². The minimum Gasteiger partial charge on any atom is -0.406 e. The highest BCUT2D eigenvalue weighted by Crippen LogP contribution is 2.23. The Morgan fingerprint density at radius 1 is 1.00 bits per heavy atom. The van der Waals surface area contributed by atoms with Crippen molar-refractivity contribution in [3.05, 3.63) is 29.8 Å². The molecule has 0 radical (unpaired) electrons. The summed E-state index contributed by atoms with van der Waals surface area (Å²) < 4.78 is 39.5. The second-order valence-electron chi connectivity index (χ2n) is 4.00. The van der Waals surface area contributed by atoms with Gasteiger partial charge in [0, 0.05) is 0 Å². The van der Waals surface area contributed by atoms with Crippen LogP contribution in [-0.2, 0) is 6.42 Å². The predicted molar refractivity (Wildman–Crippen MR) is 61.0 cm³/mol. The average molecular weight is 246 g/mol. The third kappa shape index (κ3) is 6.19. The van der Waals surface area contributed by atoms with Gasteiger partial charge in [0.15, 0.2) is 0 Å². The minimum absolute atomic E-state index is 0.158. The van der Waals surface area contributed by atoms with Gasteiger partial charge in [0.2, 0.25) is 0 Å². The molecule has 0 heterocycles. The first-order valence-corrected chi connectivity index (χ1v) is 5.86. The lowest BCUT2D eigenvalue weighted by molar-refractivity contribution is -0.274. The van der Waals surface area contributed by atoms with Crippen LogP contribution in [0.25, 0.3) is 0 Å². The summed E-state index contributed by atoms with van der Waals surface area (Å²) in [6.45, 7) is 2.14. The lowest BCUT2D eigenvalue weighted by Gasteiger charge is -2.09. The van der Waals surface area contributed by atoms with Gasteiger partial charge in [0.1, 0.15) is 5.75 Å². The smallest absolute Gasteiger partial charge is 0.406 e. The molecular weight excluding hydrogens is 229 g/mol. The van der Waals surface area contributed by atoms with Crippen LogP contribution >= 0.6 is 0 Å². The number of ether oxygens (including phenoxy) is 1. The molecule has 1 nitrogen and oxygen atoms in total. The number of halogens is 3. The lowest BCUT2D eigenvalue weighted by Crippen LogP contribution is -2.17. The zero-order chi connectivity index (χ0) is 12.7. The number of rotatable bonds is 6. The molecule has 0 atom stereocenters.